The highest BCUT2D eigenvalue weighted by Crippen LogP contribution is 2.19. The Kier molecular flexibility index (Phi) is 5.32. The van der Waals surface area contributed by atoms with Gasteiger partial charge in [0.05, 0.1) is 11.3 Å². The van der Waals surface area contributed by atoms with Gasteiger partial charge in [-0.1, -0.05) is 17.7 Å². The van der Waals surface area contributed by atoms with Crippen LogP contribution in [0.2, 0.25) is 5.02 Å². The molecule has 0 aliphatic rings. The lowest BCUT2D eigenvalue weighted by molar-refractivity contribution is -0.125. The predicted octanol–water partition coefficient (Wildman–Crippen LogP) is 1.69. The first-order chi connectivity index (χ1) is 11.0. The lowest BCUT2D eigenvalue weighted by atomic mass is 10.2. The first-order valence-electron chi connectivity index (χ1n) is 6.23. The quantitative estimate of drug-likeness (QED) is 0.652. The smallest absolute Gasteiger partial charge is 0.343 e. The van der Waals surface area contributed by atoms with E-state index in [4.69, 9.17) is 16.0 Å². The molecule has 0 aliphatic carbocycles. The van der Waals surface area contributed by atoms with Gasteiger partial charge in [-0.3, -0.25) is 20.4 Å². The molecule has 0 aliphatic heterocycles. The zero-order valence-corrected chi connectivity index (χ0v) is 12.2. The maximum absolute atomic E-state index is 13.5. The van der Waals surface area contributed by atoms with Gasteiger partial charge in [0, 0.05) is 0 Å². The van der Waals surface area contributed by atoms with Gasteiger partial charge >= 0.3 is 11.9 Å². The summed E-state index contributed by atoms with van der Waals surface area (Å²) >= 11 is 5.69. The van der Waals surface area contributed by atoms with Crippen LogP contribution in [0.15, 0.2) is 41.0 Å². The van der Waals surface area contributed by atoms with Crippen molar-refractivity contribution in [3.63, 3.8) is 0 Å². The maximum atomic E-state index is 13.5. The highest BCUT2D eigenvalue weighted by atomic mass is 35.5. The minimum absolute atomic E-state index is 0.0135. The fourth-order valence-corrected chi connectivity index (χ4v) is 1.77. The van der Waals surface area contributed by atoms with E-state index in [1.54, 1.807) is 0 Å². The highest BCUT2D eigenvalue weighted by molar-refractivity contribution is 6.33. The second-order valence-electron chi connectivity index (χ2n) is 4.15. The standard InChI is InChI=1S/C14H10ClFN2O5/c15-8-3-1-4-9(16)12(8)14(21)23-7-11(19)17-18-13(20)10-5-2-6-22-10/h1-6H,7H2,(H,17,19)(H,18,20). The van der Waals surface area contributed by atoms with Crippen LogP contribution < -0.4 is 10.9 Å². The molecule has 120 valence electrons. The summed E-state index contributed by atoms with van der Waals surface area (Å²) in [5.41, 5.74) is 3.58. The molecule has 0 atom stereocenters. The summed E-state index contributed by atoms with van der Waals surface area (Å²) < 4.78 is 22.9. The molecule has 23 heavy (non-hydrogen) atoms. The average molecular weight is 341 g/mol. The van der Waals surface area contributed by atoms with E-state index in [9.17, 15) is 18.8 Å². The Bertz CT molecular complexity index is 713. The van der Waals surface area contributed by atoms with Gasteiger partial charge in [-0.15, -0.1) is 0 Å². The number of amides is 2. The zero-order chi connectivity index (χ0) is 16.8. The average Bonchev–Trinajstić information content (AvgIpc) is 3.05. The van der Waals surface area contributed by atoms with Crippen molar-refractivity contribution >= 4 is 29.4 Å². The van der Waals surface area contributed by atoms with Crippen LogP contribution in [-0.2, 0) is 9.53 Å². The van der Waals surface area contributed by atoms with Crippen LogP contribution in [0.25, 0.3) is 0 Å². The summed E-state index contributed by atoms with van der Waals surface area (Å²) in [6.07, 6.45) is 1.29. The normalized spacial score (nSPS) is 10.0. The van der Waals surface area contributed by atoms with Crippen molar-refractivity contribution in [2.75, 3.05) is 6.61 Å². The largest absolute Gasteiger partial charge is 0.459 e. The second kappa shape index (κ2) is 7.41. The molecule has 2 N–H and O–H groups in total. The molecule has 1 aromatic heterocycles. The van der Waals surface area contributed by atoms with E-state index in [2.05, 4.69) is 4.74 Å². The van der Waals surface area contributed by atoms with E-state index < -0.39 is 35.8 Å². The maximum Gasteiger partial charge on any atom is 0.343 e. The Balaban J connectivity index is 1.82. The summed E-state index contributed by atoms with van der Waals surface area (Å²) in [5, 5.41) is -0.137. The Labute approximate surface area is 134 Å². The molecule has 2 rings (SSSR count). The molecule has 0 saturated carbocycles. The van der Waals surface area contributed by atoms with Crippen molar-refractivity contribution < 1.29 is 27.9 Å². The third kappa shape index (κ3) is 4.30. The molecule has 0 spiro atoms. The minimum Gasteiger partial charge on any atom is -0.459 e. The molecular weight excluding hydrogens is 331 g/mol. The Morgan fingerprint density at radius 2 is 1.96 bits per heavy atom. The Morgan fingerprint density at radius 1 is 1.17 bits per heavy atom. The molecule has 0 radical (unpaired) electrons. The first-order valence-corrected chi connectivity index (χ1v) is 6.60. The third-order valence-electron chi connectivity index (χ3n) is 2.56. The number of hydrazine groups is 1. The predicted molar refractivity (Wildman–Crippen MR) is 76.0 cm³/mol. The Hall–Kier alpha value is -2.87. The number of carbonyl (C=O) groups is 3. The van der Waals surface area contributed by atoms with Gasteiger partial charge in [-0.2, -0.15) is 0 Å². The number of hydrogen-bond donors (Lipinski definition) is 2. The van der Waals surface area contributed by atoms with Crippen molar-refractivity contribution in [1.29, 1.82) is 0 Å². The number of nitrogens with one attached hydrogen (secondary N) is 2. The number of furan rings is 1. The van der Waals surface area contributed by atoms with Gasteiger partial charge in [0.25, 0.3) is 5.91 Å². The van der Waals surface area contributed by atoms with E-state index in [1.165, 1.54) is 30.5 Å². The van der Waals surface area contributed by atoms with Crippen LogP contribution in [0.3, 0.4) is 0 Å². The Morgan fingerprint density at radius 3 is 2.61 bits per heavy atom. The molecule has 9 heteroatoms. The van der Waals surface area contributed by atoms with Crippen molar-refractivity contribution in [2.24, 2.45) is 0 Å². The third-order valence-corrected chi connectivity index (χ3v) is 2.88. The van der Waals surface area contributed by atoms with Crippen LogP contribution in [0.4, 0.5) is 4.39 Å². The van der Waals surface area contributed by atoms with Crippen molar-refractivity contribution in [3.8, 4) is 0 Å². The number of esters is 1. The van der Waals surface area contributed by atoms with Gasteiger partial charge in [-0.05, 0) is 24.3 Å². The molecule has 2 amide bonds. The molecular formula is C14H10ClFN2O5. The van der Waals surface area contributed by atoms with Gasteiger partial charge in [0.1, 0.15) is 11.4 Å². The molecule has 0 fully saturated rings. The van der Waals surface area contributed by atoms with E-state index in [0.29, 0.717) is 0 Å². The van der Waals surface area contributed by atoms with Crippen molar-refractivity contribution in [1.82, 2.24) is 10.9 Å². The SMILES string of the molecule is O=C(COC(=O)c1c(F)cccc1Cl)NNC(=O)c1ccco1. The fraction of sp³-hybridized carbons (Fsp3) is 0.0714. The summed E-state index contributed by atoms with van der Waals surface area (Å²) in [6.45, 7) is -0.734. The van der Waals surface area contributed by atoms with Gasteiger partial charge in [0.15, 0.2) is 12.4 Å². The lowest BCUT2D eigenvalue weighted by Crippen LogP contribution is -2.43. The summed E-state index contributed by atoms with van der Waals surface area (Å²) in [6, 6.07) is 6.56. The van der Waals surface area contributed by atoms with Crippen LogP contribution in [0.5, 0.6) is 0 Å². The molecule has 1 aromatic carbocycles. The van der Waals surface area contributed by atoms with Crippen LogP contribution in [-0.4, -0.2) is 24.4 Å². The molecule has 0 saturated heterocycles. The van der Waals surface area contributed by atoms with Crippen LogP contribution >= 0.6 is 11.6 Å². The van der Waals surface area contributed by atoms with Crippen LogP contribution in [0, 0.1) is 5.82 Å². The molecule has 7 nitrogen and oxygen atoms in total. The first kappa shape index (κ1) is 16.5. The summed E-state index contributed by atoms with van der Waals surface area (Å²) in [7, 11) is 0. The van der Waals surface area contributed by atoms with Gasteiger partial charge < -0.3 is 9.15 Å². The number of rotatable bonds is 4. The second-order valence-corrected chi connectivity index (χ2v) is 4.56. The molecule has 0 unspecified atom stereocenters. The monoisotopic (exact) mass is 340 g/mol. The van der Waals surface area contributed by atoms with E-state index in [0.717, 1.165) is 6.07 Å². The van der Waals surface area contributed by atoms with Gasteiger partial charge in [-0.25, -0.2) is 9.18 Å². The lowest BCUT2D eigenvalue weighted by Gasteiger charge is -2.08. The summed E-state index contributed by atoms with van der Waals surface area (Å²) in [4.78, 5) is 34.6. The summed E-state index contributed by atoms with van der Waals surface area (Å²) in [5.74, 6) is -3.49. The van der Waals surface area contributed by atoms with Gasteiger partial charge in [0.2, 0.25) is 0 Å². The van der Waals surface area contributed by atoms with Crippen LogP contribution in [0.1, 0.15) is 20.9 Å². The number of hydrogen-bond acceptors (Lipinski definition) is 5. The highest BCUT2D eigenvalue weighted by Gasteiger charge is 2.18. The number of halogens is 2. The van der Waals surface area contributed by atoms with E-state index in [1.807, 2.05) is 10.9 Å². The number of ether oxygens (including phenoxy) is 1. The van der Waals surface area contributed by atoms with Crippen molar-refractivity contribution in [2.45, 2.75) is 0 Å². The molecule has 0 bridgehead atoms. The molecule has 2 aromatic rings. The zero-order valence-electron chi connectivity index (χ0n) is 11.5. The van der Waals surface area contributed by atoms with E-state index in [-0.39, 0.29) is 10.8 Å². The number of carbonyl (C=O) groups excluding carboxylic acids is 3. The minimum atomic E-state index is -1.10. The fourth-order valence-electron chi connectivity index (χ4n) is 1.53. The van der Waals surface area contributed by atoms with Crippen molar-refractivity contribution in [3.05, 3.63) is 58.8 Å². The molecule has 1 heterocycles. The topological polar surface area (TPSA) is 97.6 Å². The van der Waals surface area contributed by atoms with E-state index >= 15 is 0 Å². The number of benzene rings is 1.